The van der Waals surface area contributed by atoms with Crippen molar-refractivity contribution in [2.24, 2.45) is 0 Å². The quantitative estimate of drug-likeness (QED) is 0.854. The van der Waals surface area contributed by atoms with E-state index in [0.717, 1.165) is 11.1 Å². The summed E-state index contributed by atoms with van der Waals surface area (Å²) in [5, 5.41) is 13.6. The molecule has 1 atom stereocenters. The maximum atomic E-state index is 11.4. The van der Waals surface area contributed by atoms with Crippen molar-refractivity contribution in [2.75, 3.05) is 25.2 Å². The monoisotopic (exact) mass is 313 g/mol. The second-order valence-electron chi connectivity index (χ2n) is 5.60. The van der Waals surface area contributed by atoms with Gasteiger partial charge in [0.1, 0.15) is 15.6 Å². The topological polar surface area (TPSA) is 75.6 Å². The van der Waals surface area contributed by atoms with E-state index >= 15 is 0 Å². The van der Waals surface area contributed by atoms with Crippen LogP contribution in [0.4, 0.5) is 0 Å². The average Bonchev–Trinajstić information content (AvgIpc) is 2.45. The molecule has 1 aliphatic heterocycles. The van der Waals surface area contributed by atoms with Crippen LogP contribution in [0.3, 0.4) is 0 Å². The summed E-state index contributed by atoms with van der Waals surface area (Å²) in [5.41, 5.74) is 1.82. The van der Waals surface area contributed by atoms with Gasteiger partial charge in [0, 0.05) is 18.2 Å². The van der Waals surface area contributed by atoms with Crippen LogP contribution in [-0.4, -0.2) is 44.7 Å². The van der Waals surface area contributed by atoms with E-state index in [1.165, 1.54) is 0 Å². The fraction of sp³-hybridized carbons (Fsp3) is 0.600. The van der Waals surface area contributed by atoms with Gasteiger partial charge < -0.3 is 15.2 Å². The third kappa shape index (κ3) is 4.43. The van der Waals surface area contributed by atoms with Crippen LogP contribution in [0.15, 0.2) is 18.2 Å². The second-order valence-corrected chi connectivity index (χ2v) is 7.90. The first-order chi connectivity index (χ1) is 9.91. The summed E-state index contributed by atoms with van der Waals surface area (Å²) in [6, 6.07) is 5.85. The lowest BCUT2D eigenvalue weighted by Crippen LogP contribution is -2.39. The molecule has 21 heavy (non-hydrogen) atoms. The number of sulfone groups is 1. The lowest BCUT2D eigenvalue weighted by atomic mass is 10.0. The molecule has 1 unspecified atom stereocenters. The van der Waals surface area contributed by atoms with E-state index in [1.54, 1.807) is 7.11 Å². The minimum Gasteiger partial charge on any atom is -0.496 e. The number of methoxy groups -OCH3 is 1. The Labute approximate surface area is 126 Å². The van der Waals surface area contributed by atoms with Gasteiger partial charge in [0.2, 0.25) is 0 Å². The molecular formula is C15H23NO4S. The SMILES string of the molecule is COc1ccc(C)cc1C(O)CNC1CCS(=O)(=O)CC1. The van der Waals surface area contributed by atoms with Crippen LogP contribution in [0.1, 0.15) is 30.1 Å². The average molecular weight is 313 g/mol. The number of hydrogen-bond acceptors (Lipinski definition) is 5. The largest absolute Gasteiger partial charge is 0.496 e. The van der Waals surface area contributed by atoms with Crippen molar-refractivity contribution >= 4 is 9.84 Å². The zero-order chi connectivity index (χ0) is 15.5. The normalized spacial score (nSPS) is 20.1. The first-order valence-corrected chi connectivity index (χ1v) is 9.00. The Bertz CT molecular complexity index is 571. The standard InChI is InChI=1S/C15H23NO4S/c1-11-3-4-15(20-2)13(9-11)14(17)10-16-12-5-7-21(18,19)8-6-12/h3-4,9,12,14,16-17H,5-8,10H2,1-2H3. The van der Waals surface area contributed by atoms with Gasteiger partial charge in [-0.2, -0.15) is 0 Å². The summed E-state index contributed by atoms with van der Waals surface area (Å²) in [7, 11) is -1.26. The van der Waals surface area contributed by atoms with Gasteiger partial charge in [0.15, 0.2) is 0 Å². The smallest absolute Gasteiger partial charge is 0.150 e. The van der Waals surface area contributed by atoms with Crippen molar-refractivity contribution in [2.45, 2.75) is 31.9 Å². The zero-order valence-electron chi connectivity index (χ0n) is 12.5. The Balaban J connectivity index is 1.93. The molecule has 6 heteroatoms. The molecule has 1 fully saturated rings. The molecule has 0 bridgehead atoms. The summed E-state index contributed by atoms with van der Waals surface area (Å²) >= 11 is 0. The van der Waals surface area contributed by atoms with Gasteiger partial charge >= 0.3 is 0 Å². The highest BCUT2D eigenvalue weighted by molar-refractivity contribution is 7.91. The van der Waals surface area contributed by atoms with E-state index in [-0.39, 0.29) is 17.5 Å². The highest BCUT2D eigenvalue weighted by Crippen LogP contribution is 2.26. The number of ether oxygens (including phenoxy) is 1. The van der Waals surface area contributed by atoms with Crippen molar-refractivity contribution in [1.82, 2.24) is 5.32 Å². The van der Waals surface area contributed by atoms with Gasteiger partial charge in [-0.05, 0) is 31.9 Å². The minimum absolute atomic E-state index is 0.152. The number of aryl methyl sites for hydroxylation is 1. The Morgan fingerprint density at radius 1 is 1.38 bits per heavy atom. The Morgan fingerprint density at radius 2 is 2.05 bits per heavy atom. The van der Waals surface area contributed by atoms with Gasteiger partial charge in [-0.1, -0.05) is 11.6 Å². The van der Waals surface area contributed by atoms with Gasteiger partial charge in [0.05, 0.1) is 24.7 Å². The second kappa shape index (κ2) is 6.77. The third-order valence-electron chi connectivity index (χ3n) is 3.90. The molecule has 2 rings (SSSR count). The molecule has 1 heterocycles. The van der Waals surface area contributed by atoms with Gasteiger partial charge in [-0.25, -0.2) is 8.42 Å². The maximum Gasteiger partial charge on any atom is 0.150 e. The molecule has 118 valence electrons. The first kappa shape index (κ1) is 16.3. The molecule has 5 nitrogen and oxygen atoms in total. The van der Waals surface area contributed by atoms with Crippen molar-refractivity contribution in [1.29, 1.82) is 0 Å². The molecule has 1 aliphatic rings. The van der Waals surface area contributed by atoms with E-state index in [1.807, 2.05) is 25.1 Å². The van der Waals surface area contributed by atoms with Crippen LogP contribution in [-0.2, 0) is 9.84 Å². The van der Waals surface area contributed by atoms with Crippen LogP contribution >= 0.6 is 0 Å². The number of aliphatic hydroxyl groups excluding tert-OH is 1. The molecule has 0 saturated carbocycles. The van der Waals surface area contributed by atoms with Gasteiger partial charge in [0.25, 0.3) is 0 Å². The van der Waals surface area contributed by atoms with Crippen LogP contribution in [0, 0.1) is 6.92 Å². The molecule has 0 spiro atoms. The molecule has 2 N–H and O–H groups in total. The van der Waals surface area contributed by atoms with Crippen LogP contribution in [0.2, 0.25) is 0 Å². The first-order valence-electron chi connectivity index (χ1n) is 7.17. The molecule has 0 radical (unpaired) electrons. The van der Waals surface area contributed by atoms with E-state index in [4.69, 9.17) is 4.74 Å². The van der Waals surface area contributed by atoms with E-state index in [9.17, 15) is 13.5 Å². The number of benzene rings is 1. The Hall–Kier alpha value is -1.11. The predicted octanol–water partition coefficient (Wildman–Crippen LogP) is 1.20. The fourth-order valence-corrected chi connectivity index (χ4v) is 4.09. The lowest BCUT2D eigenvalue weighted by molar-refractivity contribution is 0.164. The number of aliphatic hydroxyl groups is 1. The summed E-state index contributed by atoms with van der Waals surface area (Å²) < 4.78 is 28.0. The summed E-state index contributed by atoms with van der Waals surface area (Å²) in [4.78, 5) is 0. The van der Waals surface area contributed by atoms with Crippen molar-refractivity contribution in [3.8, 4) is 5.75 Å². The fourth-order valence-electron chi connectivity index (χ4n) is 2.60. The maximum absolute atomic E-state index is 11.4. The number of nitrogens with one attached hydrogen (secondary N) is 1. The molecule has 0 aromatic heterocycles. The van der Waals surface area contributed by atoms with Gasteiger partial charge in [-0.3, -0.25) is 0 Å². The van der Waals surface area contributed by atoms with Gasteiger partial charge in [-0.15, -0.1) is 0 Å². The van der Waals surface area contributed by atoms with Crippen molar-refractivity contribution in [3.63, 3.8) is 0 Å². The predicted molar refractivity (Wildman–Crippen MR) is 82.4 cm³/mol. The molecule has 0 aliphatic carbocycles. The highest BCUT2D eigenvalue weighted by atomic mass is 32.2. The molecule has 1 aromatic rings. The number of hydrogen-bond donors (Lipinski definition) is 2. The Kier molecular flexibility index (Phi) is 5.24. The minimum atomic E-state index is -2.85. The van der Waals surface area contributed by atoms with Crippen LogP contribution < -0.4 is 10.1 Å². The molecule has 1 aromatic carbocycles. The summed E-state index contributed by atoms with van der Waals surface area (Å²) in [5.74, 6) is 1.13. The van der Waals surface area contributed by atoms with E-state index in [0.29, 0.717) is 25.1 Å². The summed E-state index contributed by atoms with van der Waals surface area (Å²) in [6.45, 7) is 2.36. The third-order valence-corrected chi connectivity index (χ3v) is 5.61. The molecule has 0 amide bonds. The number of rotatable bonds is 5. The Morgan fingerprint density at radius 3 is 2.67 bits per heavy atom. The summed E-state index contributed by atoms with van der Waals surface area (Å²) in [6.07, 6.45) is 0.554. The molecule has 1 saturated heterocycles. The van der Waals surface area contributed by atoms with Crippen molar-refractivity contribution in [3.05, 3.63) is 29.3 Å². The lowest BCUT2D eigenvalue weighted by Gasteiger charge is -2.25. The van der Waals surface area contributed by atoms with Crippen molar-refractivity contribution < 1.29 is 18.3 Å². The molecular weight excluding hydrogens is 290 g/mol. The van der Waals surface area contributed by atoms with E-state index in [2.05, 4.69) is 5.32 Å². The van der Waals surface area contributed by atoms with E-state index < -0.39 is 15.9 Å². The van der Waals surface area contributed by atoms with Crippen LogP contribution in [0.25, 0.3) is 0 Å². The zero-order valence-corrected chi connectivity index (χ0v) is 13.3. The van der Waals surface area contributed by atoms with Crippen LogP contribution in [0.5, 0.6) is 5.75 Å². The highest BCUT2D eigenvalue weighted by Gasteiger charge is 2.24.